The summed E-state index contributed by atoms with van der Waals surface area (Å²) >= 11 is 0. The molecule has 2 N–H and O–H groups in total. The van der Waals surface area contributed by atoms with E-state index in [9.17, 15) is 5.11 Å². The van der Waals surface area contributed by atoms with Crippen LogP contribution in [0.3, 0.4) is 0 Å². The van der Waals surface area contributed by atoms with Crippen molar-refractivity contribution in [2.75, 3.05) is 13.2 Å². The predicted molar refractivity (Wildman–Crippen MR) is 79.5 cm³/mol. The van der Waals surface area contributed by atoms with Crippen LogP contribution in [0.5, 0.6) is 5.75 Å². The van der Waals surface area contributed by atoms with E-state index in [-0.39, 0.29) is 24.2 Å². The minimum absolute atomic E-state index is 0.0969. The van der Waals surface area contributed by atoms with Gasteiger partial charge in [0.1, 0.15) is 5.75 Å². The number of nitrogens with one attached hydrogen (secondary N) is 1. The largest absolute Gasteiger partial charge is 0.491 e. The topological polar surface area (TPSA) is 41.5 Å². The van der Waals surface area contributed by atoms with E-state index < -0.39 is 0 Å². The van der Waals surface area contributed by atoms with Crippen molar-refractivity contribution < 1.29 is 9.84 Å². The maximum atomic E-state index is 9.26. The van der Waals surface area contributed by atoms with Crippen molar-refractivity contribution in [3.8, 4) is 5.75 Å². The Balaban J connectivity index is 2.64. The van der Waals surface area contributed by atoms with Gasteiger partial charge in [-0.1, -0.05) is 26.0 Å². The summed E-state index contributed by atoms with van der Waals surface area (Å²) in [6, 6.07) is 8.40. The summed E-state index contributed by atoms with van der Waals surface area (Å²) in [6.45, 7) is 11.2. The summed E-state index contributed by atoms with van der Waals surface area (Å²) in [5.74, 6) is 0.905. The molecule has 0 aliphatic carbocycles. The van der Waals surface area contributed by atoms with Gasteiger partial charge in [0.2, 0.25) is 0 Å². The predicted octanol–water partition coefficient (Wildman–Crippen LogP) is 3.14. The SMILES string of the molecule is CC(C)Oc1cccc(C(C)NCC(C)(C)CO)c1. The van der Waals surface area contributed by atoms with Crippen molar-refractivity contribution >= 4 is 0 Å². The zero-order valence-electron chi connectivity index (χ0n) is 12.7. The molecule has 0 aliphatic rings. The fourth-order valence-corrected chi connectivity index (χ4v) is 1.73. The highest BCUT2D eigenvalue weighted by Crippen LogP contribution is 2.21. The lowest BCUT2D eigenvalue weighted by Crippen LogP contribution is -2.33. The van der Waals surface area contributed by atoms with Gasteiger partial charge in [0.25, 0.3) is 0 Å². The first-order chi connectivity index (χ1) is 8.84. The summed E-state index contributed by atoms with van der Waals surface area (Å²) in [7, 11) is 0. The summed E-state index contributed by atoms with van der Waals surface area (Å²) in [6.07, 6.45) is 0.187. The van der Waals surface area contributed by atoms with Crippen LogP contribution in [0.15, 0.2) is 24.3 Å². The Morgan fingerprint density at radius 1 is 1.26 bits per heavy atom. The van der Waals surface area contributed by atoms with Crippen molar-refractivity contribution in [3.05, 3.63) is 29.8 Å². The lowest BCUT2D eigenvalue weighted by Gasteiger charge is -2.25. The van der Waals surface area contributed by atoms with E-state index in [0.717, 1.165) is 12.3 Å². The average molecular weight is 265 g/mol. The van der Waals surface area contributed by atoms with Gasteiger partial charge in [-0.25, -0.2) is 0 Å². The van der Waals surface area contributed by atoms with Crippen molar-refractivity contribution in [3.63, 3.8) is 0 Å². The van der Waals surface area contributed by atoms with E-state index in [1.54, 1.807) is 0 Å². The quantitative estimate of drug-likeness (QED) is 0.796. The molecule has 0 amide bonds. The molecule has 1 aromatic carbocycles. The Hall–Kier alpha value is -1.06. The van der Waals surface area contributed by atoms with Gasteiger partial charge in [-0.3, -0.25) is 0 Å². The maximum absolute atomic E-state index is 9.26. The highest BCUT2D eigenvalue weighted by molar-refractivity contribution is 5.30. The highest BCUT2D eigenvalue weighted by atomic mass is 16.5. The molecule has 1 atom stereocenters. The molecule has 19 heavy (non-hydrogen) atoms. The summed E-state index contributed by atoms with van der Waals surface area (Å²) in [5, 5.41) is 12.7. The fraction of sp³-hybridized carbons (Fsp3) is 0.625. The molecule has 0 aliphatic heterocycles. The number of rotatable bonds is 7. The molecule has 0 bridgehead atoms. The van der Waals surface area contributed by atoms with Crippen LogP contribution in [0.2, 0.25) is 0 Å². The van der Waals surface area contributed by atoms with E-state index in [1.165, 1.54) is 5.56 Å². The van der Waals surface area contributed by atoms with Crippen LogP contribution in [0.25, 0.3) is 0 Å². The Labute approximate surface area is 117 Å². The molecule has 0 spiro atoms. The summed E-state index contributed by atoms with van der Waals surface area (Å²) < 4.78 is 5.70. The van der Waals surface area contributed by atoms with Crippen LogP contribution >= 0.6 is 0 Å². The molecule has 0 saturated carbocycles. The lowest BCUT2D eigenvalue weighted by atomic mass is 9.94. The van der Waals surface area contributed by atoms with Crippen LogP contribution < -0.4 is 10.1 Å². The third-order valence-electron chi connectivity index (χ3n) is 3.04. The number of ether oxygens (including phenoxy) is 1. The maximum Gasteiger partial charge on any atom is 0.120 e. The molecule has 0 radical (unpaired) electrons. The van der Waals surface area contributed by atoms with Gasteiger partial charge < -0.3 is 15.2 Å². The van der Waals surface area contributed by atoms with Gasteiger partial charge in [0.15, 0.2) is 0 Å². The smallest absolute Gasteiger partial charge is 0.120 e. The molecular formula is C16H27NO2. The molecule has 3 heteroatoms. The number of aliphatic hydroxyl groups is 1. The second-order valence-corrected chi connectivity index (χ2v) is 6.16. The third kappa shape index (κ3) is 5.62. The van der Waals surface area contributed by atoms with Gasteiger partial charge in [-0.05, 0) is 38.5 Å². The molecule has 0 saturated heterocycles. The van der Waals surface area contributed by atoms with Crippen molar-refractivity contribution in [2.24, 2.45) is 5.41 Å². The van der Waals surface area contributed by atoms with E-state index in [1.807, 2.05) is 39.8 Å². The van der Waals surface area contributed by atoms with E-state index in [2.05, 4.69) is 24.4 Å². The average Bonchev–Trinajstić information content (AvgIpc) is 2.35. The number of benzene rings is 1. The first-order valence-corrected chi connectivity index (χ1v) is 6.95. The van der Waals surface area contributed by atoms with E-state index in [0.29, 0.717) is 0 Å². The third-order valence-corrected chi connectivity index (χ3v) is 3.04. The monoisotopic (exact) mass is 265 g/mol. The standard InChI is InChI=1S/C16H27NO2/c1-12(2)19-15-8-6-7-14(9-15)13(3)17-10-16(4,5)11-18/h6-9,12-13,17-18H,10-11H2,1-5H3. The normalized spacial score (nSPS) is 13.6. The van der Waals surface area contributed by atoms with Crippen LogP contribution in [0.4, 0.5) is 0 Å². The lowest BCUT2D eigenvalue weighted by molar-refractivity contribution is 0.154. The minimum atomic E-state index is -0.0969. The Kier molecular flexibility index (Phi) is 5.83. The molecule has 1 aromatic rings. The van der Waals surface area contributed by atoms with Crippen LogP contribution in [0, 0.1) is 5.41 Å². The van der Waals surface area contributed by atoms with Gasteiger partial charge in [0, 0.05) is 24.6 Å². The second-order valence-electron chi connectivity index (χ2n) is 6.16. The first kappa shape index (κ1) is 16.0. The molecule has 0 aromatic heterocycles. The minimum Gasteiger partial charge on any atom is -0.491 e. The molecule has 108 valence electrons. The number of hydrogen-bond acceptors (Lipinski definition) is 3. The van der Waals surface area contributed by atoms with Crippen molar-refractivity contribution in [1.82, 2.24) is 5.32 Å². The van der Waals surface area contributed by atoms with Crippen LogP contribution in [-0.4, -0.2) is 24.4 Å². The number of aliphatic hydroxyl groups excluding tert-OH is 1. The van der Waals surface area contributed by atoms with E-state index in [4.69, 9.17) is 4.74 Å². The Morgan fingerprint density at radius 2 is 1.95 bits per heavy atom. The second kappa shape index (κ2) is 6.92. The Morgan fingerprint density at radius 3 is 2.53 bits per heavy atom. The van der Waals surface area contributed by atoms with Crippen molar-refractivity contribution in [2.45, 2.75) is 46.8 Å². The van der Waals surface area contributed by atoms with Crippen LogP contribution in [-0.2, 0) is 0 Å². The molecule has 1 rings (SSSR count). The van der Waals surface area contributed by atoms with Gasteiger partial charge in [-0.15, -0.1) is 0 Å². The zero-order chi connectivity index (χ0) is 14.5. The number of hydrogen-bond donors (Lipinski definition) is 2. The van der Waals surface area contributed by atoms with Crippen molar-refractivity contribution in [1.29, 1.82) is 0 Å². The fourth-order valence-electron chi connectivity index (χ4n) is 1.73. The summed E-state index contributed by atoms with van der Waals surface area (Å²) in [4.78, 5) is 0. The molecule has 0 heterocycles. The molecular weight excluding hydrogens is 238 g/mol. The van der Waals surface area contributed by atoms with Gasteiger partial charge in [-0.2, -0.15) is 0 Å². The van der Waals surface area contributed by atoms with E-state index >= 15 is 0 Å². The highest BCUT2D eigenvalue weighted by Gasteiger charge is 2.17. The molecule has 3 nitrogen and oxygen atoms in total. The van der Waals surface area contributed by atoms with Gasteiger partial charge >= 0.3 is 0 Å². The molecule has 1 unspecified atom stereocenters. The van der Waals surface area contributed by atoms with Crippen LogP contribution in [0.1, 0.15) is 46.2 Å². The first-order valence-electron chi connectivity index (χ1n) is 6.95. The van der Waals surface area contributed by atoms with Gasteiger partial charge in [0.05, 0.1) is 6.10 Å². The summed E-state index contributed by atoms with van der Waals surface area (Å²) in [5.41, 5.74) is 1.10. The Bertz CT molecular complexity index is 388. The molecule has 0 fully saturated rings. The zero-order valence-corrected chi connectivity index (χ0v) is 12.7.